The Hall–Kier alpha value is -1.78. The summed E-state index contributed by atoms with van der Waals surface area (Å²) in [7, 11) is 2.00. The number of hydrogen-bond acceptors (Lipinski definition) is 4. The van der Waals surface area contributed by atoms with Crippen LogP contribution in [0.2, 0.25) is 0 Å². The van der Waals surface area contributed by atoms with Crippen molar-refractivity contribution in [2.45, 2.75) is 12.8 Å². The smallest absolute Gasteiger partial charge is 0.222 e. The van der Waals surface area contributed by atoms with Crippen LogP contribution in [0.3, 0.4) is 0 Å². The van der Waals surface area contributed by atoms with E-state index in [1.807, 2.05) is 24.1 Å². The highest BCUT2D eigenvalue weighted by atomic mass is 16.2. The SMILES string of the molecule is CN(CCN1CCCC1=O)c1ccnc(N)c1. The normalized spacial score (nSPS) is 15.4. The van der Waals surface area contributed by atoms with Gasteiger partial charge in [-0.05, 0) is 12.5 Å². The molecule has 1 aromatic heterocycles. The van der Waals surface area contributed by atoms with Gasteiger partial charge in [0, 0.05) is 51.1 Å². The quantitative estimate of drug-likeness (QED) is 0.834. The van der Waals surface area contributed by atoms with Crippen molar-refractivity contribution in [3.63, 3.8) is 0 Å². The van der Waals surface area contributed by atoms with Crippen molar-refractivity contribution in [2.24, 2.45) is 0 Å². The van der Waals surface area contributed by atoms with Gasteiger partial charge in [0.2, 0.25) is 5.91 Å². The van der Waals surface area contributed by atoms with Gasteiger partial charge < -0.3 is 15.5 Å². The summed E-state index contributed by atoms with van der Waals surface area (Å²) in [4.78, 5) is 19.4. The Balaban J connectivity index is 1.88. The molecule has 1 fully saturated rings. The van der Waals surface area contributed by atoms with E-state index in [0.29, 0.717) is 12.2 Å². The highest BCUT2D eigenvalue weighted by Gasteiger charge is 2.19. The van der Waals surface area contributed by atoms with E-state index in [4.69, 9.17) is 5.73 Å². The van der Waals surface area contributed by atoms with Crippen LogP contribution in [-0.4, -0.2) is 42.5 Å². The minimum absolute atomic E-state index is 0.271. The molecule has 2 N–H and O–H groups in total. The lowest BCUT2D eigenvalue weighted by Gasteiger charge is -2.23. The Morgan fingerprint density at radius 1 is 1.59 bits per heavy atom. The molecule has 1 amide bonds. The predicted molar refractivity (Wildman–Crippen MR) is 67.7 cm³/mol. The van der Waals surface area contributed by atoms with Crippen LogP contribution >= 0.6 is 0 Å². The lowest BCUT2D eigenvalue weighted by molar-refractivity contribution is -0.127. The Labute approximate surface area is 101 Å². The molecule has 1 aliphatic heterocycles. The van der Waals surface area contributed by atoms with E-state index in [2.05, 4.69) is 9.88 Å². The monoisotopic (exact) mass is 234 g/mol. The molecule has 2 heterocycles. The summed E-state index contributed by atoms with van der Waals surface area (Å²) in [5.74, 6) is 0.791. The summed E-state index contributed by atoms with van der Waals surface area (Å²) < 4.78 is 0. The maximum absolute atomic E-state index is 11.5. The number of anilines is 2. The fourth-order valence-electron chi connectivity index (χ4n) is 2.01. The van der Waals surface area contributed by atoms with Crippen molar-refractivity contribution in [3.8, 4) is 0 Å². The van der Waals surface area contributed by atoms with Gasteiger partial charge in [-0.1, -0.05) is 0 Å². The van der Waals surface area contributed by atoms with Crippen molar-refractivity contribution in [1.29, 1.82) is 0 Å². The van der Waals surface area contributed by atoms with Crippen LogP contribution in [0.4, 0.5) is 11.5 Å². The summed E-state index contributed by atoms with van der Waals surface area (Å²) in [6.45, 7) is 2.48. The Morgan fingerprint density at radius 3 is 3.06 bits per heavy atom. The molecule has 1 aromatic rings. The fourth-order valence-corrected chi connectivity index (χ4v) is 2.01. The van der Waals surface area contributed by atoms with Gasteiger partial charge in [-0.2, -0.15) is 0 Å². The van der Waals surface area contributed by atoms with E-state index in [-0.39, 0.29) is 5.91 Å². The number of nitrogens with zero attached hydrogens (tertiary/aromatic N) is 3. The molecule has 0 spiro atoms. The number of carbonyl (C=O) groups excluding carboxylic acids is 1. The molecule has 5 heteroatoms. The van der Waals surface area contributed by atoms with Crippen molar-refractivity contribution < 1.29 is 4.79 Å². The summed E-state index contributed by atoms with van der Waals surface area (Å²) in [6.07, 6.45) is 3.39. The van der Waals surface area contributed by atoms with Crippen molar-refractivity contribution in [2.75, 3.05) is 37.3 Å². The van der Waals surface area contributed by atoms with Crippen LogP contribution in [0.15, 0.2) is 18.3 Å². The molecule has 1 saturated heterocycles. The first kappa shape index (κ1) is 11.7. The molecule has 0 aromatic carbocycles. The van der Waals surface area contributed by atoms with Gasteiger partial charge >= 0.3 is 0 Å². The molecule has 0 atom stereocenters. The number of likely N-dealkylation sites (tertiary alicyclic amines) is 1. The molecule has 0 saturated carbocycles. The number of aromatic nitrogens is 1. The predicted octanol–water partition coefficient (Wildman–Crippen LogP) is 0.722. The molecule has 0 radical (unpaired) electrons. The van der Waals surface area contributed by atoms with E-state index in [1.54, 1.807) is 6.20 Å². The van der Waals surface area contributed by atoms with E-state index in [1.165, 1.54) is 0 Å². The lowest BCUT2D eigenvalue weighted by Crippen LogP contribution is -2.34. The zero-order valence-electron chi connectivity index (χ0n) is 10.1. The molecule has 5 nitrogen and oxygen atoms in total. The number of pyridine rings is 1. The standard InChI is InChI=1S/C12H18N4O/c1-15(10-4-5-14-11(13)9-10)7-8-16-6-2-3-12(16)17/h4-5,9H,2-3,6-8H2,1H3,(H2,13,14). The number of rotatable bonds is 4. The van der Waals surface area contributed by atoms with E-state index >= 15 is 0 Å². The van der Waals surface area contributed by atoms with Crippen LogP contribution < -0.4 is 10.6 Å². The number of amides is 1. The Kier molecular flexibility index (Phi) is 3.46. The second-order valence-corrected chi connectivity index (χ2v) is 4.34. The van der Waals surface area contributed by atoms with Crippen LogP contribution in [-0.2, 0) is 4.79 Å². The van der Waals surface area contributed by atoms with E-state index in [9.17, 15) is 4.79 Å². The molecule has 92 valence electrons. The van der Waals surface area contributed by atoms with Gasteiger partial charge in [-0.3, -0.25) is 4.79 Å². The van der Waals surface area contributed by atoms with Gasteiger partial charge in [0.15, 0.2) is 0 Å². The summed E-state index contributed by atoms with van der Waals surface area (Å²) in [5.41, 5.74) is 6.67. The van der Waals surface area contributed by atoms with Crippen LogP contribution in [0, 0.1) is 0 Å². The molecular weight excluding hydrogens is 216 g/mol. The molecule has 0 bridgehead atoms. The first-order valence-electron chi connectivity index (χ1n) is 5.87. The van der Waals surface area contributed by atoms with E-state index < -0.39 is 0 Å². The minimum Gasteiger partial charge on any atom is -0.384 e. The molecule has 1 aliphatic rings. The topological polar surface area (TPSA) is 62.5 Å². The van der Waals surface area contributed by atoms with Gasteiger partial charge in [0.1, 0.15) is 5.82 Å². The number of likely N-dealkylation sites (N-methyl/N-ethyl adjacent to an activating group) is 1. The van der Waals surface area contributed by atoms with Crippen LogP contribution in [0.5, 0.6) is 0 Å². The molecule has 0 unspecified atom stereocenters. The summed E-state index contributed by atoms with van der Waals surface area (Å²) in [5, 5.41) is 0. The van der Waals surface area contributed by atoms with Gasteiger partial charge in [-0.25, -0.2) is 4.98 Å². The van der Waals surface area contributed by atoms with Crippen molar-refractivity contribution >= 4 is 17.4 Å². The summed E-state index contributed by atoms with van der Waals surface area (Å²) >= 11 is 0. The lowest BCUT2D eigenvalue weighted by atomic mass is 10.3. The highest BCUT2D eigenvalue weighted by molar-refractivity contribution is 5.78. The Bertz CT molecular complexity index is 407. The highest BCUT2D eigenvalue weighted by Crippen LogP contribution is 2.14. The number of nitrogen functional groups attached to an aromatic ring is 1. The molecule has 17 heavy (non-hydrogen) atoms. The largest absolute Gasteiger partial charge is 0.384 e. The van der Waals surface area contributed by atoms with Gasteiger partial charge in [0.25, 0.3) is 0 Å². The zero-order valence-corrected chi connectivity index (χ0v) is 10.1. The maximum atomic E-state index is 11.5. The average Bonchev–Trinajstić information content (AvgIpc) is 2.72. The molecule has 0 aliphatic carbocycles. The van der Waals surface area contributed by atoms with Crippen molar-refractivity contribution in [3.05, 3.63) is 18.3 Å². The number of nitrogens with two attached hydrogens (primary N) is 1. The third kappa shape index (κ3) is 2.87. The summed E-state index contributed by atoms with van der Waals surface area (Å²) in [6, 6.07) is 3.76. The average molecular weight is 234 g/mol. The minimum atomic E-state index is 0.271. The van der Waals surface area contributed by atoms with E-state index in [0.717, 1.165) is 31.7 Å². The maximum Gasteiger partial charge on any atom is 0.222 e. The molecule has 2 rings (SSSR count). The second kappa shape index (κ2) is 5.03. The number of carbonyl (C=O) groups is 1. The first-order chi connectivity index (χ1) is 8.16. The first-order valence-corrected chi connectivity index (χ1v) is 5.87. The van der Waals surface area contributed by atoms with Crippen LogP contribution in [0.25, 0.3) is 0 Å². The van der Waals surface area contributed by atoms with Crippen LogP contribution in [0.1, 0.15) is 12.8 Å². The fraction of sp³-hybridized carbons (Fsp3) is 0.500. The second-order valence-electron chi connectivity index (χ2n) is 4.34. The number of hydrogen-bond donors (Lipinski definition) is 1. The Morgan fingerprint density at radius 2 is 2.41 bits per heavy atom. The molecular formula is C12H18N4O. The third-order valence-corrected chi connectivity index (χ3v) is 3.08. The van der Waals surface area contributed by atoms with Crippen molar-refractivity contribution in [1.82, 2.24) is 9.88 Å². The van der Waals surface area contributed by atoms with Gasteiger partial charge in [-0.15, -0.1) is 0 Å². The third-order valence-electron chi connectivity index (χ3n) is 3.08. The zero-order chi connectivity index (χ0) is 12.3. The van der Waals surface area contributed by atoms with Gasteiger partial charge in [0.05, 0.1) is 0 Å².